The normalized spacial score (nSPS) is 15.0. The molecule has 2 aromatic carbocycles. The molecule has 0 saturated carbocycles. The number of hydrogen-bond donors (Lipinski definition) is 2. The molecule has 1 atom stereocenters. The molecule has 1 amide bonds. The van der Waals surface area contributed by atoms with Gasteiger partial charge in [-0.25, -0.2) is 4.68 Å². The molecule has 0 aliphatic carbocycles. The van der Waals surface area contributed by atoms with Crippen LogP contribution in [0.4, 0.5) is 11.6 Å². The van der Waals surface area contributed by atoms with E-state index in [0.29, 0.717) is 29.0 Å². The third-order valence-electron chi connectivity index (χ3n) is 5.93. The molecule has 1 unspecified atom stereocenters. The summed E-state index contributed by atoms with van der Waals surface area (Å²) in [7, 11) is 0. The minimum atomic E-state index is -0.515. The molecule has 9 heteroatoms. The van der Waals surface area contributed by atoms with Crippen molar-refractivity contribution in [3.05, 3.63) is 68.8 Å². The minimum Gasteiger partial charge on any atom is -0.494 e. The van der Waals surface area contributed by atoms with Crippen LogP contribution in [0.15, 0.2) is 57.3 Å². The second kappa shape index (κ2) is 10.9. The fraction of sp³-hybridized carbons (Fsp3) is 0.346. The number of hydrogen-bond acceptors (Lipinski definition) is 6. The first-order chi connectivity index (χ1) is 16.8. The number of allylic oxidation sites excluding steroid dienone is 1. The Morgan fingerprint density at radius 1 is 1.23 bits per heavy atom. The largest absolute Gasteiger partial charge is 0.494 e. The van der Waals surface area contributed by atoms with E-state index in [2.05, 4.69) is 33.5 Å². The number of carbonyl (C=O) groups is 1. The topological polar surface area (TPSA) is 81.1 Å². The van der Waals surface area contributed by atoms with Gasteiger partial charge in [0.25, 0.3) is 5.91 Å². The highest BCUT2D eigenvalue weighted by Gasteiger charge is 2.36. The zero-order valence-electron chi connectivity index (χ0n) is 20.6. The van der Waals surface area contributed by atoms with Crippen molar-refractivity contribution in [1.29, 1.82) is 0 Å². The van der Waals surface area contributed by atoms with Crippen LogP contribution in [0.2, 0.25) is 0 Å². The SMILES string of the molecule is CCCSc1nc2n(n1)C(c1cc(Br)ccc1OCC)C(C(=O)Nc1cccc(C)c1C)=C(C)N2. The van der Waals surface area contributed by atoms with Crippen LogP contribution in [0.25, 0.3) is 0 Å². The van der Waals surface area contributed by atoms with E-state index < -0.39 is 6.04 Å². The van der Waals surface area contributed by atoms with Gasteiger partial charge in [0.2, 0.25) is 11.1 Å². The van der Waals surface area contributed by atoms with Crippen molar-refractivity contribution in [3.63, 3.8) is 0 Å². The molecular weight excluding hydrogens is 526 g/mol. The summed E-state index contributed by atoms with van der Waals surface area (Å²) < 4.78 is 8.68. The maximum atomic E-state index is 13.8. The summed E-state index contributed by atoms with van der Waals surface area (Å²) >= 11 is 5.20. The van der Waals surface area contributed by atoms with Gasteiger partial charge < -0.3 is 15.4 Å². The Hall–Kier alpha value is -2.78. The highest BCUT2D eigenvalue weighted by molar-refractivity contribution is 9.10. The molecule has 2 N–H and O–H groups in total. The second-order valence-corrected chi connectivity index (χ2v) is 10.4. The summed E-state index contributed by atoms with van der Waals surface area (Å²) in [6, 6.07) is 11.2. The van der Waals surface area contributed by atoms with Crippen LogP contribution in [0.3, 0.4) is 0 Å². The Bertz CT molecular complexity index is 1290. The van der Waals surface area contributed by atoms with Gasteiger partial charge in [-0.1, -0.05) is 46.7 Å². The molecule has 0 spiro atoms. The zero-order chi connectivity index (χ0) is 25.1. The summed E-state index contributed by atoms with van der Waals surface area (Å²) in [5, 5.41) is 11.9. The number of halogens is 1. The number of nitrogens with one attached hydrogen (secondary N) is 2. The van der Waals surface area contributed by atoms with Crippen LogP contribution in [-0.2, 0) is 4.79 Å². The Kier molecular flexibility index (Phi) is 7.86. The average Bonchev–Trinajstić information content (AvgIpc) is 3.23. The van der Waals surface area contributed by atoms with Gasteiger partial charge in [0, 0.05) is 27.2 Å². The van der Waals surface area contributed by atoms with Crippen LogP contribution in [0, 0.1) is 13.8 Å². The lowest BCUT2D eigenvalue weighted by Gasteiger charge is -2.30. The molecule has 0 saturated heterocycles. The van der Waals surface area contributed by atoms with Gasteiger partial charge in [-0.2, -0.15) is 4.98 Å². The highest BCUT2D eigenvalue weighted by Crippen LogP contribution is 2.41. The van der Waals surface area contributed by atoms with E-state index in [4.69, 9.17) is 14.8 Å². The molecule has 1 aliphatic heterocycles. The third-order valence-corrected chi connectivity index (χ3v) is 7.47. The van der Waals surface area contributed by atoms with E-state index in [1.54, 1.807) is 16.4 Å². The lowest BCUT2D eigenvalue weighted by atomic mass is 9.94. The molecule has 4 rings (SSSR count). The number of fused-ring (bicyclic) bond motifs is 1. The minimum absolute atomic E-state index is 0.194. The molecule has 2 heterocycles. The van der Waals surface area contributed by atoms with Crippen LogP contribution in [-0.4, -0.2) is 33.0 Å². The fourth-order valence-electron chi connectivity index (χ4n) is 4.06. The standard InChI is InChI=1S/C26H30BrN5O2S/c1-6-13-35-26-30-25-28-17(5)22(24(33)29-20-10-8-9-15(3)16(20)4)23(32(25)31-26)19-14-18(27)11-12-21(19)34-7-2/h8-12,14,23H,6-7,13H2,1-5H3,(H,29,33)(H,28,30,31). The first-order valence-corrected chi connectivity index (χ1v) is 13.5. The number of aryl methyl sites for hydroxylation is 1. The number of amides is 1. The lowest BCUT2D eigenvalue weighted by molar-refractivity contribution is -0.113. The van der Waals surface area contributed by atoms with Crippen LogP contribution >= 0.6 is 27.7 Å². The smallest absolute Gasteiger partial charge is 0.255 e. The van der Waals surface area contributed by atoms with Crippen molar-refractivity contribution in [2.24, 2.45) is 0 Å². The third kappa shape index (κ3) is 5.26. The number of benzene rings is 2. The van der Waals surface area contributed by atoms with E-state index in [9.17, 15) is 4.79 Å². The van der Waals surface area contributed by atoms with E-state index in [0.717, 1.165) is 44.7 Å². The Labute approximate surface area is 218 Å². The summed E-state index contributed by atoms with van der Waals surface area (Å²) in [6.45, 7) is 10.5. The van der Waals surface area contributed by atoms with Crippen LogP contribution < -0.4 is 15.4 Å². The quantitative estimate of drug-likeness (QED) is 0.309. The summed E-state index contributed by atoms with van der Waals surface area (Å²) in [4.78, 5) is 18.5. The maximum Gasteiger partial charge on any atom is 0.255 e. The monoisotopic (exact) mass is 555 g/mol. The summed E-state index contributed by atoms with van der Waals surface area (Å²) in [5.41, 5.74) is 5.08. The number of ether oxygens (including phenoxy) is 1. The number of thioether (sulfide) groups is 1. The van der Waals surface area contributed by atoms with Crippen molar-refractivity contribution < 1.29 is 9.53 Å². The van der Waals surface area contributed by atoms with Gasteiger partial charge in [-0.05, 0) is 69.5 Å². The predicted octanol–water partition coefficient (Wildman–Crippen LogP) is 6.49. The number of carbonyl (C=O) groups excluding carboxylic acids is 1. The Morgan fingerprint density at radius 3 is 2.77 bits per heavy atom. The van der Waals surface area contributed by atoms with Crippen molar-refractivity contribution in [2.45, 2.75) is 52.2 Å². The number of aromatic nitrogens is 3. The molecule has 0 fully saturated rings. The maximum absolute atomic E-state index is 13.8. The molecular formula is C26H30BrN5O2S. The van der Waals surface area contributed by atoms with E-state index in [-0.39, 0.29) is 5.91 Å². The van der Waals surface area contributed by atoms with E-state index >= 15 is 0 Å². The van der Waals surface area contributed by atoms with Gasteiger partial charge in [-0.15, -0.1) is 5.10 Å². The highest BCUT2D eigenvalue weighted by atomic mass is 79.9. The van der Waals surface area contributed by atoms with Crippen molar-refractivity contribution in [2.75, 3.05) is 23.0 Å². The number of nitrogens with zero attached hydrogens (tertiary/aromatic N) is 3. The number of anilines is 2. The van der Waals surface area contributed by atoms with Crippen molar-refractivity contribution in [3.8, 4) is 5.75 Å². The molecule has 184 valence electrons. The van der Waals surface area contributed by atoms with Crippen molar-refractivity contribution >= 4 is 45.2 Å². The van der Waals surface area contributed by atoms with Gasteiger partial charge in [-0.3, -0.25) is 4.79 Å². The van der Waals surface area contributed by atoms with Gasteiger partial charge in [0.1, 0.15) is 11.8 Å². The van der Waals surface area contributed by atoms with Crippen LogP contribution in [0.5, 0.6) is 5.75 Å². The van der Waals surface area contributed by atoms with E-state index in [1.807, 2.05) is 64.1 Å². The van der Waals surface area contributed by atoms with Crippen LogP contribution in [0.1, 0.15) is 49.9 Å². The van der Waals surface area contributed by atoms with Crippen molar-refractivity contribution in [1.82, 2.24) is 14.8 Å². The molecule has 7 nitrogen and oxygen atoms in total. The van der Waals surface area contributed by atoms with E-state index in [1.165, 1.54) is 0 Å². The predicted molar refractivity (Wildman–Crippen MR) is 145 cm³/mol. The molecule has 0 bridgehead atoms. The lowest BCUT2D eigenvalue weighted by Crippen LogP contribution is -2.32. The molecule has 3 aromatic rings. The van der Waals surface area contributed by atoms with Gasteiger partial charge in [0.15, 0.2) is 0 Å². The zero-order valence-corrected chi connectivity index (χ0v) is 23.0. The fourth-order valence-corrected chi connectivity index (χ4v) is 5.13. The van der Waals surface area contributed by atoms with Gasteiger partial charge in [0.05, 0.1) is 12.2 Å². The Morgan fingerprint density at radius 2 is 2.03 bits per heavy atom. The molecule has 1 aliphatic rings. The summed E-state index contributed by atoms with van der Waals surface area (Å²) in [6.07, 6.45) is 1.02. The number of rotatable bonds is 8. The second-order valence-electron chi connectivity index (χ2n) is 8.39. The Balaban J connectivity index is 1.84. The first kappa shape index (κ1) is 25.3. The molecule has 35 heavy (non-hydrogen) atoms. The average molecular weight is 557 g/mol. The molecule has 0 radical (unpaired) electrons. The molecule has 1 aromatic heterocycles. The first-order valence-electron chi connectivity index (χ1n) is 11.7. The van der Waals surface area contributed by atoms with Gasteiger partial charge >= 0.3 is 0 Å². The summed E-state index contributed by atoms with van der Waals surface area (Å²) in [5.74, 6) is 2.04.